The van der Waals surface area contributed by atoms with Crippen LogP contribution in [0.25, 0.3) is 22.8 Å². The number of benzene rings is 1. The zero-order valence-electron chi connectivity index (χ0n) is 17.4. The number of carbonyl (C=O) groups is 2. The first-order valence-corrected chi connectivity index (χ1v) is 11.7. The zero-order chi connectivity index (χ0) is 24.1. The molecule has 34 heavy (non-hydrogen) atoms. The Kier molecular flexibility index (Phi) is 6.98. The van der Waals surface area contributed by atoms with Crippen LogP contribution in [0, 0.1) is 10.1 Å². The van der Waals surface area contributed by atoms with Crippen LogP contribution in [-0.2, 0) is 16.1 Å². The highest BCUT2D eigenvalue weighted by molar-refractivity contribution is 7.99. The molecule has 4 rings (SSSR count). The SMILES string of the molecule is NC(=O)CCn1c(SCC(=O)Nc2nc(-c3cccc([N+](=O)[O-])c3)cs2)nnc1-c1ccco1. The highest BCUT2D eigenvalue weighted by Crippen LogP contribution is 2.28. The molecular weight excluding hydrogens is 482 g/mol. The number of thioether (sulfide) groups is 1. The normalized spacial score (nSPS) is 10.8. The van der Waals surface area contributed by atoms with Gasteiger partial charge in [0.25, 0.3) is 5.69 Å². The van der Waals surface area contributed by atoms with Gasteiger partial charge in [-0.05, 0) is 12.1 Å². The lowest BCUT2D eigenvalue weighted by atomic mass is 10.1. The fraction of sp³-hybridized carbons (Fsp3) is 0.150. The molecule has 0 saturated heterocycles. The number of hydrogen-bond acceptors (Lipinski definition) is 10. The van der Waals surface area contributed by atoms with Crippen LogP contribution >= 0.6 is 23.1 Å². The average Bonchev–Trinajstić information content (AvgIpc) is 3.57. The molecule has 14 heteroatoms. The van der Waals surface area contributed by atoms with E-state index in [9.17, 15) is 19.7 Å². The lowest BCUT2D eigenvalue weighted by Gasteiger charge is -2.07. The molecule has 0 spiro atoms. The smallest absolute Gasteiger partial charge is 0.270 e. The lowest BCUT2D eigenvalue weighted by Crippen LogP contribution is -2.16. The molecule has 2 amide bonds. The molecule has 4 aromatic rings. The van der Waals surface area contributed by atoms with Gasteiger partial charge in [-0.15, -0.1) is 21.5 Å². The number of nitrogens with zero attached hydrogens (tertiary/aromatic N) is 5. The van der Waals surface area contributed by atoms with E-state index in [1.165, 1.54) is 29.7 Å². The summed E-state index contributed by atoms with van der Waals surface area (Å²) in [6.07, 6.45) is 1.57. The number of hydrogen-bond donors (Lipinski definition) is 2. The summed E-state index contributed by atoms with van der Waals surface area (Å²) in [5.41, 5.74) is 6.33. The van der Waals surface area contributed by atoms with Crippen LogP contribution in [0.1, 0.15) is 6.42 Å². The zero-order valence-corrected chi connectivity index (χ0v) is 19.0. The summed E-state index contributed by atoms with van der Waals surface area (Å²) in [4.78, 5) is 38.6. The second-order valence-corrected chi connectivity index (χ2v) is 8.63. The van der Waals surface area contributed by atoms with Gasteiger partial charge in [-0.1, -0.05) is 23.9 Å². The van der Waals surface area contributed by atoms with Crippen molar-refractivity contribution in [1.29, 1.82) is 0 Å². The number of amides is 2. The predicted octanol–water partition coefficient (Wildman–Crippen LogP) is 3.18. The first-order valence-electron chi connectivity index (χ1n) is 9.79. The fourth-order valence-corrected chi connectivity index (χ4v) is 4.44. The second-order valence-electron chi connectivity index (χ2n) is 6.83. The van der Waals surface area contributed by atoms with Crippen LogP contribution in [0.2, 0.25) is 0 Å². The van der Waals surface area contributed by atoms with E-state index in [1.54, 1.807) is 34.2 Å². The molecule has 174 valence electrons. The molecule has 0 aliphatic carbocycles. The van der Waals surface area contributed by atoms with Crippen molar-refractivity contribution in [3.63, 3.8) is 0 Å². The Labute approximate surface area is 200 Å². The van der Waals surface area contributed by atoms with Gasteiger partial charge in [0.2, 0.25) is 11.8 Å². The van der Waals surface area contributed by atoms with Crippen molar-refractivity contribution in [3.8, 4) is 22.8 Å². The number of nitro benzene ring substituents is 1. The minimum Gasteiger partial charge on any atom is -0.461 e. The number of nitrogens with two attached hydrogens (primary N) is 1. The van der Waals surface area contributed by atoms with Crippen molar-refractivity contribution in [3.05, 3.63) is 58.2 Å². The maximum absolute atomic E-state index is 12.5. The number of nitrogens with one attached hydrogen (secondary N) is 1. The highest BCUT2D eigenvalue weighted by atomic mass is 32.2. The summed E-state index contributed by atoms with van der Waals surface area (Å²) < 4.78 is 7.04. The number of anilines is 1. The van der Waals surface area contributed by atoms with Gasteiger partial charge in [0.1, 0.15) is 0 Å². The number of thiazole rings is 1. The molecule has 3 N–H and O–H groups in total. The molecule has 3 heterocycles. The molecule has 0 radical (unpaired) electrons. The maximum atomic E-state index is 12.5. The standard InChI is InChI=1S/C20H17N7O5S2/c21-16(28)6-7-26-18(15-5-2-8-32-15)24-25-20(26)34-11-17(29)23-19-22-14(10-33-19)12-3-1-4-13(9-12)27(30)31/h1-5,8-10H,6-7,11H2,(H2,21,28)(H,22,23,29). The summed E-state index contributed by atoms with van der Waals surface area (Å²) in [7, 11) is 0. The van der Waals surface area contributed by atoms with Crippen molar-refractivity contribution < 1.29 is 18.9 Å². The Hall–Kier alpha value is -4.04. The van der Waals surface area contributed by atoms with Gasteiger partial charge in [0.05, 0.1) is 22.6 Å². The molecule has 0 aliphatic heterocycles. The van der Waals surface area contributed by atoms with Gasteiger partial charge in [0, 0.05) is 36.0 Å². The first-order chi connectivity index (χ1) is 16.4. The monoisotopic (exact) mass is 499 g/mol. The predicted molar refractivity (Wildman–Crippen MR) is 125 cm³/mol. The molecule has 12 nitrogen and oxygen atoms in total. The highest BCUT2D eigenvalue weighted by Gasteiger charge is 2.18. The van der Waals surface area contributed by atoms with Crippen molar-refractivity contribution in [2.45, 2.75) is 18.1 Å². The van der Waals surface area contributed by atoms with Crippen LogP contribution in [0.4, 0.5) is 10.8 Å². The fourth-order valence-electron chi connectivity index (χ4n) is 2.94. The van der Waals surface area contributed by atoms with Gasteiger partial charge < -0.3 is 15.5 Å². The number of aromatic nitrogens is 4. The van der Waals surface area contributed by atoms with E-state index in [0.717, 1.165) is 11.8 Å². The third kappa shape index (κ3) is 5.47. The number of primary amides is 1. The molecule has 0 saturated carbocycles. The molecule has 0 fully saturated rings. The molecule has 0 bridgehead atoms. The van der Waals surface area contributed by atoms with Crippen molar-refractivity contribution in [2.75, 3.05) is 11.1 Å². The van der Waals surface area contributed by atoms with E-state index in [-0.39, 0.29) is 30.3 Å². The quantitative estimate of drug-likeness (QED) is 0.189. The summed E-state index contributed by atoms with van der Waals surface area (Å²) >= 11 is 2.34. The van der Waals surface area contributed by atoms with Gasteiger partial charge in [-0.2, -0.15) is 0 Å². The number of carbonyl (C=O) groups excluding carboxylic acids is 2. The molecule has 0 atom stereocenters. The Balaban J connectivity index is 1.41. The van der Waals surface area contributed by atoms with Crippen molar-refractivity contribution in [1.82, 2.24) is 19.7 Å². The van der Waals surface area contributed by atoms with Gasteiger partial charge >= 0.3 is 0 Å². The largest absolute Gasteiger partial charge is 0.461 e. The third-order valence-corrected chi connectivity index (χ3v) is 6.20. The molecule has 3 aromatic heterocycles. The van der Waals surface area contributed by atoms with Gasteiger partial charge in [-0.25, -0.2) is 4.98 Å². The minimum atomic E-state index is -0.477. The topological polar surface area (TPSA) is 172 Å². The van der Waals surface area contributed by atoms with Crippen LogP contribution in [0.3, 0.4) is 0 Å². The maximum Gasteiger partial charge on any atom is 0.270 e. The summed E-state index contributed by atoms with van der Waals surface area (Å²) in [6, 6.07) is 9.53. The Bertz CT molecular complexity index is 1330. The van der Waals surface area contributed by atoms with E-state index < -0.39 is 10.8 Å². The van der Waals surface area contributed by atoms with Crippen LogP contribution in [0.15, 0.2) is 57.6 Å². The number of nitro groups is 1. The Morgan fingerprint density at radius 1 is 1.26 bits per heavy atom. The summed E-state index contributed by atoms with van der Waals surface area (Å²) in [5.74, 6) is 0.115. The second kappa shape index (κ2) is 10.3. The molecule has 1 aromatic carbocycles. The minimum absolute atomic E-state index is 0.0125. The average molecular weight is 500 g/mol. The van der Waals surface area contributed by atoms with Crippen LogP contribution in [0.5, 0.6) is 0 Å². The Morgan fingerprint density at radius 3 is 2.85 bits per heavy atom. The Morgan fingerprint density at radius 2 is 2.12 bits per heavy atom. The van der Waals surface area contributed by atoms with E-state index in [4.69, 9.17) is 10.2 Å². The lowest BCUT2D eigenvalue weighted by molar-refractivity contribution is -0.384. The van der Waals surface area contributed by atoms with Gasteiger partial charge in [-0.3, -0.25) is 24.3 Å². The van der Waals surface area contributed by atoms with E-state index in [0.29, 0.717) is 33.1 Å². The van der Waals surface area contributed by atoms with E-state index >= 15 is 0 Å². The van der Waals surface area contributed by atoms with Crippen molar-refractivity contribution >= 4 is 45.7 Å². The first kappa shape index (κ1) is 23.1. The number of furan rings is 1. The summed E-state index contributed by atoms with van der Waals surface area (Å²) in [5, 5.41) is 24.4. The van der Waals surface area contributed by atoms with Crippen LogP contribution in [-0.4, -0.2) is 42.2 Å². The third-order valence-electron chi connectivity index (χ3n) is 4.48. The molecule has 0 aliphatic rings. The summed E-state index contributed by atoms with van der Waals surface area (Å²) in [6.45, 7) is 0.237. The van der Waals surface area contributed by atoms with Gasteiger partial charge in [0.15, 0.2) is 21.9 Å². The van der Waals surface area contributed by atoms with Crippen molar-refractivity contribution in [2.24, 2.45) is 5.73 Å². The van der Waals surface area contributed by atoms with E-state index in [1.807, 2.05) is 0 Å². The number of rotatable bonds is 10. The van der Waals surface area contributed by atoms with Crippen LogP contribution < -0.4 is 11.1 Å². The molecule has 0 unspecified atom stereocenters. The molecular formula is C20H17N7O5S2. The van der Waals surface area contributed by atoms with E-state index in [2.05, 4.69) is 20.5 Å². The number of non-ortho nitro benzene ring substituents is 1.